The van der Waals surface area contributed by atoms with Crippen LogP contribution < -0.4 is 10.1 Å². The highest BCUT2D eigenvalue weighted by atomic mass is 32.1. The van der Waals surface area contributed by atoms with Gasteiger partial charge < -0.3 is 19.5 Å². The summed E-state index contributed by atoms with van der Waals surface area (Å²) in [5.41, 5.74) is 1.88. The van der Waals surface area contributed by atoms with Gasteiger partial charge in [-0.1, -0.05) is 12.1 Å². The molecule has 0 radical (unpaired) electrons. The first-order valence-corrected chi connectivity index (χ1v) is 10.0. The standard InChI is InChI=1S/C21H25NO5S/c1-5-26-20(24)18-15-11-21(2,3)27-12-16(15)28-19(18)22-17(23)10-13-6-8-14(25-4)9-7-13/h6-9H,5,10-12H2,1-4H3,(H,22,23). The minimum Gasteiger partial charge on any atom is -0.497 e. The Morgan fingerprint density at radius 1 is 1.25 bits per heavy atom. The Kier molecular flexibility index (Phi) is 6.05. The van der Waals surface area contributed by atoms with E-state index in [-0.39, 0.29) is 24.5 Å². The number of carbonyl (C=O) groups excluding carboxylic acids is 2. The van der Waals surface area contributed by atoms with Crippen molar-refractivity contribution in [3.63, 3.8) is 0 Å². The molecule has 0 atom stereocenters. The van der Waals surface area contributed by atoms with E-state index >= 15 is 0 Å². The van der Waals surface area contributed by atoms with Gasteiger partial charge in [-0.15, -0.1) is 11.3 Å². The second kappa shape index (κ2) is 8.32. The molecule has 150 valence electrons. The van der Waals surface area contributed by atoms with E-state index < -0.39 is 5.97 Å². The lowest BCUT2D eigenvalue weighted by molar-refractivity contribution is -0.115. The summed E-state index contributed by atoms with van der Waals surface area (Å²) in [5, 5.41) is 3.43. The smallest absolute Gasteiger partial charge is 0.341 e. The van der Waals surface area contributed by atoms with E-state index in [2.05, 4.69) is 5.32 Å². The van der Waals surface area contributed by atoms with Gasteiger partial charge in [-0.05, 0) is 44.0 Å². The number of ether oxygens (including phenoxy) is 3. The van der Waals surface area contributed by atoms with E-state index in [1.165, 1.54) is 11.3 Å². The maximum absolute atomic E-state index is 12.6. The quantitative estimate of drug-likeness (QED) is 0.739. The first-order valence-electron chi connectivity index (χ1n) is 9.21. The average molecular weight is 404 g/mol. The number of anilines is 1. The van der Waals surface area contributed by atoms with Gasteiger partial charge in [0.05, 0.1) is 37.9 Å². The van der Waals surface area contributed by atoms with Crippen LogP contribution in [0.1, 0.15) is 47.1 Å². The highest BCUT2D eigenvalue weighted by Gasteiger charge is 2.34. The molecule has 1 aliphatic rings. The third-order valence-electron chi connectivity index (χ3n) is 4.54. The number of hydrogen-bond acceptors (Lipinski definition) is 6. The molecule has 7 heteroatoms. The SMILES string of the molecule is CCOC(=O)c1c(NC(=O)Cc2ccc(OC)cc2)sc2c1CC(C)(C)OC2. The van der Waals surface area contributed by atoms with E-state index in [0.717, 1.165) is 21.8 Å². The lowest BCUT2D eigenvalue weighted by atomic mass is 9.93. The Bertz CT molecular complexity index is 870. The second-order valence-corrected chi connectivity index (χ2v) is 8.33. The summed E-state index contributed by atoms with van der Waals surface area (Å²) in [6.07, 6.45) is 0.804. The molecule has 0 saturated carbocycles. The highest BCUT2D eigenvalue weighted by molar-refractivity contribution is 7.17. The van der Waals surface area contributed by atoms with E-state index in [1.807, 2.05) is 38.1 Å². The van der Waals surface area contributed by atoms with Crippen LogP contribution >= 0.6 is 11.3 Å². The van der Waals surface area contributed by atoms with Crippen molar-refractivity contribution >= 4 is 28.2 Å². The van der Waals surface area contributed by atoms with Crippen molar-refractivity contribution < 1.29 is 23.8 Å². The number of methoxy groups -OCH3 is 1. The molecule has 0 bridgehead atoms. The molecule has 6 nitrogen and oxygen atoms in total. The molecule has 2 aromatic rings. The highest BCUT2D eigenvalue weighted by Crippen LogP contribution is 2.40. The molecule has 1 N–H and O–H groups in total. The average Bonchev–Trinajstić information content (AvgIpc) is 2.98. The fraction of sp³-hybridized carbons (Fsp3) is 0.429. The minimum atomic E-state index is -0.405. The first-order chi connectivity index (χ1) is 13.3. The van der Waals surface area contributed by atoms with Gasteiger partial charge in [0.15, 0.2) is 0 Å². The van der Waals surface area contributed by atoms with Crippen molar-refractivity contribution in [3.05, 3.63) is 45.8 Å². The van der Waals surface area contributed by atoms with Crippen molar-refractivity contribution in [1.29, 1.82) is 0 Å². The molecule has 2 heterocycles. The lowest BCUT2D eigenvalue weighted by Gasteiger charge is -2.30. The van der Waals surface area contributed by atoms with Gasteiger partial charge >= 0.3 is 5.97 Å². The Labute approximate surface area is 168 Å². The molecule has 1 aromatic carbocycles. The number of hydrogen-bond donors (Lipinski definition) is 1. The van der Waals surface area contributed by atoms with Crippen LogP contribution in [0.4, 0.5) is 5.00 Å². The van der Waals surface area contributed by atoms with Crippen LogP contribution in [0, 0.1) is 0 Å². The Balaban J connectivity index is 1.83. The van der Waals surface area contributed by atoms with E-state index in [9.17, 15) is 9.59 Å². The Hall–Kier alpha value is -2.38. The Morgan fingerprint density at radius 2 is 1.96 bits per heavy atom. The predicted molar refractivity (Wildman–Crippen MR) is 108 cm³/mol. The van der Waals surface area contributed by atoms with Gasteiger partial charge in [0.1, 0.15) is 10.8 Å². The zero-order chi connectivity index (χ0) is 20.3. The molecule has 0 unspecified atom stereocenters. The summed E-state index contributed by atoms with van der Waals surface area (Å²) in [7, 11) is 1.60. The summed E-state index contributed by atoms with van der Waals surface area (Å²) in [5.74, 6) is 0.147. The lowest BCUT2D eigenvalue weighted by Crippen LogP contribution is -2.32. The zero-order valence-electron chi connectivity index (χ0n) is 16.6. The van der Waals surface area contributed by atoms with E-state index in [4.69, 9.17) is 14.2 Å². The number of carbonyl (C=O) groups is 2. The summed E-state index contributed by atoms with van der Waals surface area (Å²) < 4.78 is 16.2. The number of amides is 1. The van der Waals surface area contributed by atoms with Gasteiger partial charge in [-0.25, -0.2) is 4.79 Å². The molecule has 1 amide bonds. The molecule has 0 fully saturated rings. The number of esters is 1. The van der Waals surface area contributed by atoms with Crippen molar-refractivity contribution in [2.45, 2.75) is 45.8 Å². The third-order valence-corrected chi connectivity index (χ3v) is 5.66. The van der Waals surface area contributed by atoms with Crippen LogP contribution in [0.25, 0.3) is 0 Å². The third kappa shape index (κ3) is 4.54. The van der Waals surface area contributed by atoms with Crippen molar-refractivity contribution in [2.75, 3.05) is 19.0 Å². The van der Waals surface area contributed by atoms with Crippen LogP contribution in [0.3, 0.4) is 0 Å². The van der Waals surface area contributed by atoms with Crippen LogP contribution in [0.15, 0.2) is 24.3 Å². The van der Waals surface area contributed by atoms with Crippen LogP contribution in [0.2, 0.25) is 0 Å². The molecule has 1 aliphatic heterocycles. The molecular weight excluding hydrogens is 378 g/mol. The van der Waals surface area contributed by atoms with Gasteiger partial charge in [0.2, 0.25) is 5.91 Å². The summed E-state index contributed by atoms with van der Waals surface area (Å²) in [6.45, 7) is 6.46. The van der Waals surface area contributed by atoms with Crippen LogP contribution in [-0.4, -0.2) is 31.2 Å². The number of benzene rings is 1. The molecule has 0 aliphatic carbocycles. The van der Waals surface area contributed by atoms with Crippen molar-refractivity contribution in [3.8, 4) is 5.75 Å². The molecule has 0 spiro atoms. The normalized spacial score (nSPS) is 14.9. The predicted octanol–water partition coefficient (Wildman–Crippen LogP) is 3.97. The fourth-order valence-electron chi connectivity index (χ4n) is 3.16. The van der Waals surface area contributed by atoms with Gasteiger partial charge in [-0.3, -0.25) is 4.79 Å². The zero-order valence-corrected chi connectivity index (χ0v) is 17.4. The van der Waals surface area contributed by atoms with Gasteiger partial charge in [0, 0.05) is 11.3 Å². The number of nitrogens with one attached hydrogen (secondary N) is 1. The molecule has 3 rings (SSSR count). The Morgan fingerprint density at radius 3 is 2.61 bits per heavy atom. The molecular formula is C21H25NO5S. The largest absolute Gasteiger partial charge is 0.497 e. The van der Waals surface area contributed by atoms with Crippen molar-refractivity contribution in [1.82, 2.24) is 0 Å². The summed E-state index contributed by atoms with van der Waals surface area (Å²) in [4.78, 5) is 26.1. The van der Waals surface area contributed by atoms with E-state index in [1.54, 1.807) is 14.0 Å². The second-order valence-electron chi connectivity index (χ2n) is 7.23. The van der Waals surface area contributed by atoms with Crippen LogP contribution in [0.5, 0.6) is 5.75 Å². The van der Waals surface area contributed by atoms with Crippen molar-refractivity contribution in [2.24, 2.45) is 0 Å². The summed E-state index contributed by atoms with van der Waals surface area (Å²) in [6, 6.07) is 7.33. The maximum atomic E-state index is 12.6. The first kappa shape index (κ1) is 20.4. The van der Waals surface area contributed by atoms with E-state index in [0.29, 0.717) is 23.6 Å². The monoisotopic (exact) mass is 403 g/mol. The minimum absolute atomic E-state index is 0.186. The molecule has 28 heavy (non-hydrogen) atoms. The maximum Gasteiger partial charge on any atom is 0.341 e. The number of rotatable bonds is 6. The van der Waals surface area contributed by atoms with Crippen LogP contribution in [-0.2, 0) is 33.7 Å². The number of fused-ring (bicyclic) bond motifs is 1. The topological polar surface area (TPSA) is 73.9 Å². The molecule has 1 aromatic heterocycles. The summed E-state index contributed by atoms with van der Waals surface area (Å²) >= 11 is 1.38. The fourth-order valence-corrected chi connectivity index (χ4v) is 4.30. The van der Waals surface area contributed by atoms with Gasteiger partial charge in [-0.2, -0.15) is 0 Å². The number of thiophene rings is 1. The van der Waals surface area contributed by atoms with Gasteiger partial charge in [0.25, 0.3) is 0 Å². The molecule has 0 saturated heterocycles.